The number of anilines is 1. The Hall–Kier alpha value is -1.36. The van der Waals surface area contributed by atoms with Crippen LogP contribution < -0.4 is 10.5 Å². The summed E-state index contributed by atoms with van der Waals surface area (Å²) in [6.07, 6.45) is 3.45. The fourth-order valence-corrected chi connectivity index (χ4v) is 2.24. The van der Waals surface area contributed by atoms with Crippen LogP contribution >= 0.6 is 0 Å². The lowest BCUT2D eigenvalue weighted by Crippen LogP contribution is -2.29. The molecule has 1 fully saturated rings. The van der Waals surface area contributed by atoms with Crippen LogP contribution in [-0.2, 0) is 4.74 Å². The van der Waals surface area contributed by atoms with Gasteiger partial charge >= 0.3 is 0 Å². The average molecular weight is 257 g/mol. The Morgan fingerprint density at radius 1 is 1.17 bits per heavy atom. The van der Waals surface area contributed by atoms with Gasteiger partial charge in [-0.3, -0.25) is 0 Å². The summed E-state index contributed by atoms with van der Waals surface area (Å²) >= 11 is 0. The Morgan fingerprint density at radius 3 is 2.61 bits per heavy atom. The van der Waals surface area contributed by atoms with Crippen molar-refractivity contribution in [3.05, 3.63) is 23.8 Å². The number of hydrogen-bond donors (Lipinski definition) is 1. The zero-order chi connectivity index (χ0) is 13.1. The number of methoxy groups -OCH3 is 1. The van der Waals surface area contributed by atoms with E-state index in [4.69, 9.17) is 15.2 Å². The molecule has 0 aromatic heterocycles. The first-order chi connectivity index (χ1) is 8.60. The third kappa shape index (κ3) is 2.90. The van der Waals surface area contributed by atoms with E-state index in [1.165, 1.54) is 0 Å². The SMILES string of the molecule is COC1CCCC(Oc2cc(F)c(N)cc2F)C1. The van der Waals surface area contributed by atoms with Gasteiger partial charge < -0.3 is 15.2 Å². The molecule has 0 heterocycles. The predicted molar refractivity (Wildman–Crippen MR) is 64.5 cm³/mol. The minimum atomic E-state index is -0.662. The van der Waals surface area contributed by atoms with Crippen molar-refractivity contribution < 1.29 is 18.3 Å². The van der Waals surface area contributed by atoms with Gasteiger partial charge in [0.1, 0.15) is 11.9 Å². The molecule has 3 nitrogen and oxygen atoms in total. The molecule has 100 valence electrons. The van der Waals surface area contributed by atoms with Crippen molar-refractivity contribution in [1.82, 2.24) is 0 Å². The number of benzene rings is 1. The summed E-state index contributed by atoms with van der Waals surface area (Å²) in [6, 6.07) is 1.95. The van der Waals surface area contributed by atoms with E-state index in [0.29, 0.717) is 6.42 Å². The third-order valence-corrected chi connectivity index (χ3v) is 3.26. The van der Waals surface area contributed by atoms with Crippen LogP contribution in [0.2, 0.25) is 0 Å². The highest BCUT2D eigenvalue weighted by Gasteiger charge is 2.24. The third-order valence-electron chi connectivity index (χ3n) is 3.26. The first kappa shape index (κ1) is 13.1. The molecule has 1 aromatic carbocycles. The summed E-state index contributed by atoms with van der Waals surface area (Å²) in [5.41, 5.74) is 5.07. The number of ether oxygens (including phenoxy) is 2. The molecule has 2 N–H and O–H groups in total. The van der Waals surface area contributed by atoms with Gasteiger partial charge in [-0.15, -0.1) is 0 Å². The molecular weight excluding hydrogens is 240 g/mol. The van der Waals surface area contributed by atoms with Crippen LogP contribution in [0.3, 0.4) is 0 Å². The number of nitrogen functional groups attached to an aromatic ring is 1. The second-order valence-electron chi connectivity index (χ2n) is 4.57. The summed E-state index contributed by atoms with van der Waals surface area (Å²) in [4.78, 5) is 0. The average Bonchev–Trinajstić information content (AvgIpc) is 2.36. The van der Waals surface area contributed by atoms with Crippen LogP contribution in [-0.4, -0.2) is 19.3 Å². The second kappa shape index (κ2) is 5.52. The van der Waals surface area contributed by atoms with Gasteiger partial charge in [-0.25, -0.2) is 8.78 Å². The van der Waals surface area contributed by atoms with Crippen molar-refractivity contribution in [2.45, 2.75) is 37.9 Å². The van der Waals surface area contributed by atoms with Crippen molar-refractivity contribution in [3.63, 3.8) is 0 Å². The van der Waals surface area contributed by atoms with E-state index in [9.17, 15) is 8.78 Å². The number of nitrogens with two attached hydrogens (primary N) is 1. The number of halogens is 2. The van der Waals surface area contributed by atoms with Gasteiger partial charge in [0.05, 0.1) is 11.8 Å². The molecule has 5 heteroatoms. The fourth-order valence-electron chi connectivity index (χ4n) is 2.24. The van der Waals surface area contributed by atoms with E-state index in [0.717, 1.165) is 31.4 Å². The molecule has 0 radical (unpaired) electrons. The van der Waals surface area contributed by atoms with E-state index >= 15 is 0 Å². The number of rotatable bonds is 3. The standard InChI is InChI=1S/C13H17F2NO2/c1-17-8-3-2-4-9(5-8)18-13-7-10(14)12(16)6-11(13)15/h6-9H,2-5,16H2,1H3. The fraction of sp³-hybridized carbons (Fsp3) is 0.538. The highest BCUT2D eigenvalue weighted by Crippen LogP contribution is 2.28. The second-order valence-corrected chi connectivity index (χ2v) is 4.57. The highest BCUT2D eigenvalue weighted by atomic mass is 19.1. The lowest BCUT2D eigenvalue weighted by Gasteiger charge is -2.28. The van der Waals surface area contributed by atoms with Gasteiger partial charge in [0, 0.05) is 25.7 Å². The predicted octanol–water partition coefficient (Wildman–Crippen LogP) is 2.88. The maximum absolute atomic E-state index is 13.6. The van der Waals surface area contributed by atoms with Gasteiger partial charge in [0.2, 0.25) is 0 Å². The zero-order valence-corrected chi connectivity index (χ0v) is 10.3. The molecule has 1 saturated carbocycles. The van der Waals surface area contributed by atoms with Crippen molar-refractivity contribution >= 4 is 5.69 Å². The molecule has 2 atom stereocenters. The molecule has 0 bridgehead atoms. The van der Waals surface area contributed by atoms with E-state index in [-0.39, 0.29) is 23.6 Å². The van der Waals surface area contributed by atoms with Crippen molar-refractivity contribution in [2.75, 3.05) is 12.8 Å². The van der Waals surface area contributed by atoms with Crippen LogP contribution in [0.25, 0.3) is 0 Å². The van der Waals surface area contributed by atoms with Gasteiger partial charge in [-0.05, 0) is 19.3 Å². The topological polar surface area (TPSA) is 44.5 Å². The first-order valence-electron chi connectivity index (χ1n) is 6.04. The Kier molecular flexibility index (Phi) is 4.01. The largest absolute Gasteiger partial charge is 0.487 e. The van der Waals surface area contributed by atoms with Gasteiger partial charge in [0.15, 0.2) is 11.6 Å². The van der Waals surface area contributed by atoms with Crippen LogP contribution in [0.5, 0.6) is 5.75 Å². The van der Waals surface area contributed by atoms with Gasteiger partial charge in [-0.1, -0.05) is 0 Å². The molecule has 1 aromatic rings. The van der Waals surface area contributed by atoms with E-state index in [1.54, 1.807) is 7.11 Å². The molecule has 18 heavy (non-hydrogen) atoms. The maximum atomic E-state index is 13.6. The van der Waals surface area contributed by atoms with E-state index in [2.05, 4.69) is 0 Å². The number of hydrogen-bond acceptors (Lipinski definition) is 3. The Morgan fingerprint density at radius 2 is 1.89 bits per heavy atom. The Balaban J connectivity index is 2.07. The van der Waals surface area contributed by atoms with E-state index < -0.39 is 11.6 Å². The minimum absolute atomic E-state index is 0.0801. The van der Waals surface area contributed by atoms with Gasteiger partial charge in [0.25, 0.3) is 0 Å². The molecule has 1 aliphatic carbocycles. The summed E-state index contributed by atoms with van der Waals surface area (Å²) < 4.78 is 37.6. The summed E-state index contributed by atoms with van der Waals surface area (Å²) in [5, 5.41) is 0. The molecule has 0 saturated heterocycles. The summed E-state index contributed by atoms with van der Waals surface area (Å²) in [6.45, 7) is 0. The maximum Gasteiger partial charge on any atom is 0.167 e. The van der Waals surface area contributed by atoms with Crippen molar-refractivity contribution in [2.24, 2.45) is 0 Å². The lowest BCUT2D eigenvalue weighted by molar-refractivity contribution is 0.0196. The molecule has 2 unspecified atom stereocenters. The minimum Gasteiger partial charge on any atom is -0.487 e. The van der Waals surface area contributed by atoms with Crippen LogP contribution in [0, 0.1) is 11.6 Å². The Labute approximate surface area is 105 Å². The van der Waals surface area contributed by atoms with Crippen molar-refractivity contribution in [1.29, 1.82) is 0 Å². The van der Waals surface area contributed by atoms with Crippen LogP contribution in [0.4, 0.5) is 14.5 Å². The van der Waals surface area contributed by atoms with Crippen LogP contribution in [0.1, 0.15) is 25.7 Å². The summed E-state index contributed by atoms with van der Waals surface area (Å²) in [5.74, 6) is -1.37. The molecule has 1 aliphatic rings. The van der Waals surface area contributed by atoms with Crippen LogP contribution in [0.15, 0.2) is 12.1 Å². The normalized spacial score (nSPS) is 23.9. The van der Waals surface area contributed by atoms with Crippen molar-refractivity contribution in [3.8, 4) is 5.75 Å². The van der Waals surface area contributed by atoms with E-state index in [1.807, 2.05) is 0 Å². The quantitative estimate of drug-likeness (QED) is 0.847. The molecule has 0 amide bonds. The first-order valence-corrected chi connectivity index (χ1v) is 6.04. The molecule has 0 aliphatic heterocycles. The monoisotopic (exact) mass is 257 g/mol. The zero-order valence-electron chi connectivity index (χ0n) is 10.3. The smallest absolute Gasteiger partial charge is 0.167 e. The highest BCUT2D eigenvalue weighted by molar-refractivity contribution is 5.44. The lowest BCUT2D eigenvalue weighted by atomic mass is 9.95. The summed E-state index contributed by atoms with van der Waals surface area (Å²) in [7, 11) is 1.65. The molecular formula is C13H17F2NO2. The van der Waals surface area contributed by atoms with Gasteiger partial charge in [-0.2, -0.15) is 0 Å². The Bertz CT molecular complexity index is 426. The molecule has 2 rings (SSSR count). The molecule has 0 spiro atoms.